The minimum absolute atomic E-state index is 0.0265. The summed E-state index contributed by atoms with van der Waals surface area (Å²) >= 11 is 6.27. The quantitative estimate of drug-likeness (QED) is 0.922. The highest BCUT2D eigenvalue weighted by atomic mass is 35.5. The lowest BCUT2D eigenvalue weighted by Crippen LogP contribution is -2.30. The van der Waals surface area contributed by atoms with Crippen LogP contribution in [0.4, 0.5) is 0 Å². The molecule has 5 heteroatoms. The molecule has 1 aromatic carbocycles. The number of nitrogens with zero attached hydrogens (tertiary/aromatic N) is 2. The Kier molecular flexibility index (Phi) is 3.49. The highest BCUT2D eigenvalue weighted by molar-refractivity contribution is 6.31. The first-order valence-electron chi connectivity index (χ1n) is 6.74. The van der Waals surface area contributed by atoms with Crippen LogP contribution in [0.3, 0.4) is 0 Å². The molecule has 1 atom stereocenters. The lowest BCUT2D eigenvalue weighted by molar-refractivity contribution is 0.0735. The van der Waals surface area contributed by atoms with Crippen LogP contribution >= 0.6 is 11.6 Å². The molecule has 0 bridgehead atoms. The van der Waals surface area contributed by atoms with Crippen molar-refractivity contribution in [3.63, 3.8) is 0 Å². The molecular formula is C15H16ClN3O. The molecule has 1 aliphatic rings. The summed E-state index contributed by atoms with van der Waals surface area (Å²) < 4.78 is 0. The molecule has 3 rings (SSSR count). The summed E-state index contributed by atoms with van der Waals surface area (Å²) in [5.74, 6) is 0.0265. The Bertz CT molecular complexity index is 638. The average Bonchev–Trinajstić information content (AvgIpc) is 3.07. The number of amides is 1. The molecule has 0 aliphatic carbocycles. The molecule has 0 radical (unpaired) electrons. The van der Waals surface area contributed by atoms with E-state index in [1.54, 1.807) is 6.20 Å². The molecule has 1 aliphatic heterocycles. The molecule has 1 N–H and O–H groups in total. The van der Waals surface area contributed by atoms with Crippen molar-refractivity contribution < 1.29 is 4.79 Å². The van der Waals surface area contributed by atoms with Crippen LogP contribution in [0.25, 0.3) is 0 Å². The Morgan fingerprint density at radius 2 is 2.25 bits per heavy atom. The number of hydrogen-bond donors (Lipinski definition) is 1. The topological polar surface area (TPSA) is 49.0 Å². The maximum absolute atomic E-state index is 12.6. The van der Waals surface area contributed by atoms with E-state index in [1.807, 2.05) is 36.1 Å². The van der Waals surface area contributed by atoms with E-state index in [0.29, 0.717) is 5.56 Å². The molecule has 4 nitrogen and oxygen atoms in total. The molecule has 1 fully saturated rings. The smallest absolute Gasteiger partial charge is 0.257 e. The number of carbonyl (C=O) groups is 1. The predicted molar refractivity (Wildman–Crippen MR) is 77.8 cm³/mol. The molecule has 1 saturated heterocycles. The van der Waals surface area contributed by atoms with Gasteiger partial charge in [0, 0.05) is 17.3 Å². The first-order chi connectivity index (χ1) is 9.68. The minimum Gasteiger partial charge on any atom is -0.331 e. The number of aryl methyl sites for hydroxylation is 1. The van der Waals surface area contributed by atoms with Gasteiger partial charge in [-0.2, -0.15) is 5.10 Å². The van der Waals surface area contributed by atoms with Crippen molar-refractivity contribution in [1.82, 2.24) is 15.1 Å². The average molecular weight is 290 g/mol. The lowest BCUT2D eigenvalue weighted by atomic mass is 10.0. The molecule has 1 amide bonds. The maximum atomic E-state index is 12.6. The number of carbonyl (C=O) groups excluding carboxylic acids is 1. The zero-order valence-corrected chi connectivity index (χ0v) is 12.0. The van der Waals surface area contributed by atoms with E-state index >= 15 is 0 Å². The second-order valence-electron chi connectivity index (χ2n) is 5.09. The van der Waals surface area contributed by atoms with Gasteiger partial charge < -0.3 is 4.90 Å². The molecular weight excluding hydrogens is 274 g/mol. The van der Waals surface area contributed by atoms with E-state index in [4.69, 9.17) is 11.6 Å². The zero-order valence-electron chi connectivity index (χ0n) is 11.3. The SMILES string of the molecule is Cc1[nH]ncc1C(=O)N1CCCC1c1ccccc1Cl. The van der Waals surface area contributed by atoms with Crippen molar-refractivity contribution in [2.45, 2.75) is 25.8 Å². The molecule has 1 unspecified atom stereocenters. The van der Waals surface area contributed by atoms with Crippen LogP contribution in [0.1, 0.15) is 40.5 Å². The van der Waals surface area contributed by atoms with Gasteiger partial charge in [0.1, 0.15) is 0 Å². The summed E-state index contributed by atoms with van der Waals surface area (Å²) in [6.45, 7) is 2.63. The van der Waals surface area contributed by atoms with E-state index in [-0.39, 0.29) is 11.9 Å². The number of likely N-dealkylation sites (tertiary alicyclic amines) is 1. The molecule has 0 spiro atoms. The second kappa shape index (κ2) is 5.29. The Balaban J connectivity index is 1.92. The number of rotatable bonds is 2. The van der Waals surface area contributed by atoms with Crippen molar-refractivity contribution in [2.24, 2.45) is 0 Å². The van der Waals surface area contributed by atoms with Crippen molar-refractivity contribution in [3.8, 4) is 0 Å². The fourth-order valence-electron chi connectivity index (χ4n) is 2.80. The third-order valence-electron chi connectivity index (χ3n) is 3.84. The predicted octanol–water partition coefficient (Wildman–Crippen LogP) is 3.35. The third kappa shape index (κ3) is 2.20. The minimum atomic E-state index is 0.0265. The van der Waals surface area contributed by atoms with E-state index in [9.17, 15) is 4.79 Å². The maximum Gasteiger partial charge on any atom is 0.257 e. The van der Waals surface area contributed by atoms with Crippen LogP contribution in [-0.2, 0) is 0 Å². The van der Waals surface area contributed by atoms with Crippen LogP contribution in [0, 0.1) is 6.92 Å². The number of halogens is 1. The Hall–Kier alpha value is -1.81. The van der Waals surface area contributed by atoms with Gasteiger partial charge in [-0.15, -0.1) is 0 Å². The van der Waals surface area contributed by atoms with E-state index in [0.717, 1.165) is 35.7 Å². The summed E-state index contributed by atoms with van der Waals surface area (Å²) in [6, 6.07) is 7.81. The summed E-state index contributed by atoms with van der Waals surface area (Å²) in [5.41, 5.74) is 2.48. The molecule has 104 valence electrons. The molecule has 0 saturated carbocycles. The van der Waals surface area contributed by atoms with Crippen LogP contribution in [-0.4, -0.2) is 27.5 Å². The molecule has 20 heavy (non-hydrogen) atoms. The van der Waals surface area contributed by atoms with Crippen LogP contribution in [0.15, 0.2) is 30.5 Å². The number of benzene rings is 1. The Labute approximate surface area is 122 Å². The first kappa shape index (κ1) is 13.2. The largest absolute Gasteiger partial charge is 0.331 e. The van der Waals surface area contributed by atoms with Gasteiger partial charge >= 0.3 is 0 Å². The Morgan fingerprint density at radius 1 is 1.45 bits per heavy atom. The van der Waals surface area contributed by atoms with E-state index < -0.39 is 0 Å². The number of H-pyrrole nitrogens is 1. The van der Waals surface area contributed by atoms with Crippen molar-refractivity contribution >= 4 is 17.5 Å². The number of hydrogen-bond acceptors (Lipinski definition) is 2. The molecule has 1 aromatic heterocycles. The number of nitrogens with one attached hydrogen (secondary N) is 1. The number of aromatic nitrogens is 2. The normalized spacial score (nSPS) is 18.5. The summed E-state index contributed by atoms with van der Waals surface area (Å²) in [7, 11) is 0. The molecule has 2 aromatic rings. The van der Waals surface area contributed by atoms with Crippen molar-refractivity contribution in [3.05, 3.63) is 52.3 Å². The summed E-state index contributed by atoms with van der Waals surface area (Å²) in [5, 5.41) is 7.47. The van der Waals surface area contributed by atoms with Gasteiger partial charge in [-0.05, 0) is 31.4 Å². The standard InChI is InChI=1S/C15H16ClN3O/c1-10-12(9-17-18-10)15(20)19-8-4-7-14(19)11-5-2-3-6-13(11)16/h2-3,5-6,9,14H,4,7-8H2,1H3,(H,17,18). The molecule has 2 heterocycles. The Morgan fingerprint density at radius 3 is 2.95 bits per heavy atom. The van der Waals surface area contributed by atoms with Gasteiger partial charge in [0.25, 0.3) is 5.91 Å². The van der Waals surface area contributed by atoms with E-state index in [2.05, 4.69) is 10.2 Å². The van der Waals surface area contributed by atoms with Gasteiger partial charge in [-0.25, -0.2) is 0 Å². The van der Waals surface area contributed by atoms with Crippen LogP contribution < -0.4 is 0 Å². The second-order valence-corrected chi connectivity index (χ2v) is 5.49. The van der Waals surface area contributed by atoms with Crippen molar-refractivity contribution in [1.29, 1.82) is 0 Å². The highest BCUT2D eigenvalue weighted by Crippen LogP contribution is 2.36. The zero-order chi connectivity index (χ0) is 14.1. The lowest BCUT2D eigenvalue weighted by Gasteiger charge is -2.25. The fraction of sp³-hybridized carbons (Fsp3) is 0.333. The summed E-state index contributed by atoms with van der Waals surface area (Å²) in [6.07, 6.45) is 3.55. The van der Waals surface area contributed by atoms with Gasteiger partial charge in [-0.3, -0.25) is 9.89 Å². The van der Waals surface area contributed by atoms with E-state index in [1.165, 1.54) is 0 Å². The van der Waals surface area contributed by atoms with Crippen LogP contribution in [0.5, 0.6) is 0 Å². The first-order valence-corrected chi connectivity index (χ1v) is 7.11. The highest BCUT2D eigenvalue weighted by Gasteiger charge is 2.32. The van der Waals surface area contributed by atoms with Gasteiger partial charge in [-0.1, -0.05) is 29.8 Å². The summed E-state index contributed by atoms with van der Waals surface area (Å²) in [4.78, 5) is 14.5. The third-order valence-corrected chi connectivity index (χ3v) is 4.18. The van der Waals surface area contributed by atoms with Gasteiger partial charge in [0.2, 0.25) is 0 Å². The van der Waals surface area contributed by atoms with Gasteiger partial charge in [0.15, 0.2) is 0 Å². The van der Waals surface area contributed by atoms with Crippen LogP contribution in [0.2, 0.25) is 5.02 Å². The monoisotopic (exact) mass is 289 g/mol. The fourth-order valence-corrected chi connectivity index (χ4v) is 3.06. The van der Waals surface area contributed by atoms with Gasteiger partial charge in [0.05, 0.1) is 17.8 Å². The number of aromatic amines is 1. The van der Waals surface area contributed by atoms with Crippen molar-refractivity contribution in [2.75, 3.05) is 6.54 Å².